The maximum atomic E-state index is 5.06. The third-order valence-corrected chi connectivity index (χ3v) is 4.45. The zero-order chi connectivity index (χ0) is 17.8. The second-order valence-electron chi connectivity index (χ2n) is 6.44. The van der Waals surface area contributed by atoms with Gasteiger partial charge in [-0.05, 0) is 18.6 Å². The Hall–Kier alpha value is -2.93. The number of rotatable bonds is 5. The summed E-state index contributed by atoms with van der Waals surface area (Å²) in [6, 6.07) is 14.4. The van der Waals surface area contributed by atoms with Crippen molar-refractivity contribution < 1.29 is 4.52 Å². The molecule has 3 heterocycles. The summed E-state index contributed by atoms with van der Waals surface area (Å²) < 4.78 is 5.06. The maximum absolute atomic E-state index is 5.06. The van der Waals surface area contributed by atoms with Crippen LogP contribution >= 0.6 is 0 Å². The minimum Gasteiger partial charge on any atom is -0.360 e. The van der Waals surface area contributed by atoms with E-state index in [-0.39, 0.29) is 0 Å². The summed E-state index contributed by atoms with van der Waals surface area (Å²) in [5.41, 5.74) is 1.36. The Labute approximate surface area is 152 Å². The molecule has 0 saturated carbocycles. The van der Waals surface area contributed by atoms with E-state index in [0.29, 0.717) is 11.8 Å². The molecule has 1 N–H and O–H groups in total. The van der Waals surface area contributed by atoms with Gasteiger partial charge in [0.2, 0.25) is 5.95 Å². The van der Waals surface area contributed by atoms with Gasteiger partial charge < -0.3 is 14.7 Å². The van der Waals surface area contributed by atoms with E-state index >= 15 is 0 Å². The molecule has 7 nitrogen and oxygen atoms in total. The number of benzene rings is 1. The van der Waals surface area contributed by atoms with Gasteiger partial charge in [-0.1, -0.05) is 35.5 Å². The largest absolute Gasteiger partial charge is 0.360 e. The standard InChI is InChI=1S/C19H22N6O/c1-15-13-17(23-26-15)21-19-20-8-7-18(22-19)25-11-9-24(10-12-25)14-16-5-3-2-4-6-16/h2-8,13H,9-12,14H2,1H3,(H,20,21,22,23). The molecule has 0 unspecified atom stereocenters. The molecule has 0 aliphatic carbocycles. The fourth-order valence-corrected chi connectivity index (χ4v) is 3.10. The van der Waals surface area contributed by atoms with Crippen molar-refractivity contribution in [1.82, 2.24) is 20.0 Å². The van der Waals surface area contributed by atoms with E-state index in [2.05, 4.69) is 60.6 Å². The predicted molar refractivity (Wildman–Crippen MR) is 100 cm³/mol. The average Bonchev–Trinajstić information content (AvgIpc) is 3.08. The number of hydrogen-bond donors (Lipinski definition) is 1. The number of anilines is 3. The van der Waals surface area contributed by atoms with E-state index in [4.69, 9.17) is 4.52 Å². The molecule has 1 aromatic carbocycles. The third-order valence-electron chi connectivity index (χ3n) is 4.45. The number of nitrogens with one attached hydrogen (secondary N) is 1. The Morgan fingerprint density at radius 2 is 1.88 bits per heavy atom. The molecule has 3 aromatic rings. The summed E-state index contributed by atoms with van der Waals surface area (Å²) in [5.74, 6) is 2.83. The van der Waals surface area contributed by atoms with Gasteiger partial charge >= 0.3 is 0 Å². The summed E-state index contributed by atoms with van der Waals surface area (Å²) in [4.78, 5) is 13.7. The fourth-order valence-electron chi connectivity index (χ4n) is 3.10. The van der Waals surface area contributed by atoms with Crippen molar-refractivity contribution in [1.29, 1.82) is 0 Å². The number of aryl methyl sites for hydroxylation is 1. The van der Waals surface area contributed by atoms with Crippen molar-refractivity contribution in [3.8, 4) is 0 Å². The van der Waals surface area contributed by atoms with E-state index in [1.165, 1.54) is 5.56 Å². The quantitative estimate of drug-likeness (QED) is 0.759. The molecule has 0 bridgehead atoms. The minimum absolute atomic E-state index is 0.530. The second kappa shape index (κ2) is 7.53. The Balaban J connectivity index is 1.36. The second-order valence-corrected chi connectivity index (χ2v) is 6.44. The van der Waals surface area contributed by atoms with Crippen molar-refractivity contribution in [3.05, 3.63) is 60.0 Å². The van der Waals surface area contributed by atoms with Crippen molar-refractivity contribution in [3.63, 3.8) is 0 Å². The first-order chi connectivity index (χ1) is 12.8. The maximum Gasteiger partial charge on any atom is 0.230 e. The van der Waals surface area contributed by atoms with Crippen LogP contribution in [0, 0.1) is 6.92 Å². The van der Waals surface area contributed by atoms with Gasteiger partial charge in [0.1, 0.15) is 11.6 Å². The van der Waals surface area contributed by atoms with Gasteiger partial charge in [-0.15, -0.1) is 0 Å². The summed E-state index contributed by atoms with van der Waals surface area (Å²) in [6.45, 7) is 6.79. The van der Waals surface area contributed by atoms with Gasteiger partial charge in [-0.3, -0.25) is 4.90 Å². The van der Waals surface area contributed by atoms with Crippen LogP contribution in [-0.2, 0) is 6.54 Å². The molecule has 0 radical (unpaired) electrons. The molecule has 1 aliphatic heterocycles. The van der Waals surface area contributed by atoms with Crippen molar-refractivity contribution >= 4 is 17.6 Å². The smallest absolute Gasteiger partial charge is 0.230 e. The van der Waals surface area contributed by atoms with Gasteiger partial charge in [0.05, 0.1) is 0 Å². The molecular formula is C19H22N6O. The van der Waals surface area contributed by atoms with Crippen LogP contribution in [0.3, 0.4) is 0 Å². The topological polar surface area (TPSA) is 70.3 Å². The summed E-state index contributed by atoms with van der Waals surface area (Å²) in [7, 11) is 0. The molecule has 134 valence electrons. The van der Waals surface area contributed by atoms with Crippen LogP contribution in [-0.4, -0.2) is 46.2 Å². The van der Waals surface area contributed by atoms with Gasteiger partial charge in [0.15, 0.2) is 5.82 Å². The predicted octanol–water partition coefficient (Wildman–Crippen LogP) is 2.84. The lowest BCUT2D eigenvalue weighted by atomic mass is 10.2. The van der Waals surface area contributed by atoms with E-state index in [1.54, 1.807) is 6.20 Å². The van der Waals surface area contributed by atoms with Gasteiger partial charge in [0.25, 0.3) is 0 Å². The van der Waals surface area contributed by atoms with Crippen LogP contribution in [0.25, 0.3) is 0 Å². The zero-order valence-electron chi connectivity index (χ0n) is 14.8. The first kappa shape index (κ1) is 16.5. The minimum atomic E-state index is 0.530. The highest BCUT2D eigenvalue weighted by molar-refractivity contribution is 5.50. The molecule has 2 aromatic heterocycles. The first-order valence-electron chi connectivity index (χ1n) is 8.81. The van der Waals surface area contributed by atoms with E-state index in [0.717, 1.165) is 44.3 Å². The van der Waals surface area contributed by atoms with E-state index in [9.17, 15) is 0 Å². The molecule has 4 rings (SSSR count). The Morgan fingerprint density at radius 3 is 2.62 bits per heavy atom. The Kier molecular flexibility index (Phi) is 4.79. The van der Waals surface area contributed by atoms with Gasteiger partial charge in [0, 0.05) is 45.0 Å². The normalized spacial score (nSPS) is 15.2. The molecule has 1 saturated heterocycles. The molecule has 1 aliphatic rings. The zero-order valence-corrected chi connectivity index (χ0v) is 14.8. The monoisotopic (exact) mass is 350 g/mol. The lowest BCUT2D eigenvalue weighted by Gasteiger charge is -2.35. The number of aromatic nitrogens is 3. The summed E-state index contributed by atoms with van der Waals surface area (Å²) >= 11 is 0. The number of nitrogens with zero attached hydrogens (tertiary/aromatic N) is 5. The highest BCUT2D eigenvalue weighted by Gasteiger charge is 2.18. The molecule has 1 fully saturated rings. The number of piperazine rings is 1. The van der Waals surface area contributed by atoms with Crippen LogP contribution in [0.2, 0.25) is 0 Å². The molecule has 0 amide bonds. The SMILES string of the molecule is Cc1cc(Nc2nccc(N3CCN(Cc4ccccc4)CC3)n2)no1. The Bertz CT molecular complexity index is 842. The molecule has 26 heavy (non-hydrogen) atoms. The summed E-state index contributed by atoms with van der Waals surface area (Å²) in [5, 5.41) is 7.00. The summed E-state index contributed by atoms with van der Waals surface area (Å²) in [6.07, 6.45) is 1.77. The van der Waals surface area contributed by atoms with Crippen LogP contribution in [0.4, 0.5) is 17.6 Å². The van der Waals surface area contributed by atoms with Crippen molar-refractivity contribution in [2.45, 2.75) is 13.5 Å². The molecular weight excluding hydrogens is 328 g/mol. The van der Waals surface area contributed by atoms with Crippen LogP contribution in [0.5, 0.6) is 0 Å². The molecule has 0 atom stereocenters. The number of hydrogen-bond acceptors (Lipinski definition) is 7. The van der Waals surface area contributed by atoms with E-state index < -0.39 is 0 Å². The van der Waals surface area contributed by atoms with Crippen LogP contribution < -0.4 is 10.2 Å². The van der Waals surface area contributed by atoms with Crippen molar-refractivity contribution in [2.75, 3.05) is 36.4 Å². The lowest BCUT2D eigenvalue weighted by molar-refractivity contribution is 0.249. The van der Waals surface area contributed by atoms with E-state index in [1.807, 2.05) is 19.1 Å². The average molecular weight is 350 g/mol. The third kappa shape index (κ3) is 4.00. The highest BCUT2D eigenvalue weighted by atomic mass is 16.5. The highest BCUT2D eigenvalue weighted by Crippen LogP contribution is 2.18. The van der Waals surface area contributed by atoms with Crippen molar-refractivity contribution in [2.24, 2.45) is 0 Å². The van der Waals surface area contributed by atoms with Gasteiger partial charge in [-0.2, -0.15) is 4.98 Å². The first-order valence-corrected chi connectivity index (χ1v) is 8.81. The molecule has 7 heteroatoms. The van der Waals surface area contributed by atoms with Crippen LogP contribution in [0.1, 0.15) is 11.3 Å². The molecule has 0 spiro atoms. The van der Waals surface area contributed by atoms with Crippen LogP contribution in [0.15, 0.2) is 53.2 Å². The Morgan fingerprint density at radius 1 is 1.08 bits per heavy atom. The fraction of sp³-hybridized carbons (Fsp3) is 0.316. The lowest BCUT2D eigenvalue weighted by Crippen LogP contribution is -2.46. The van der Waals surface area contributed by atoms with Gasteiger partial charge in [-0.25, -0.2) is 4.98 Å².